The number of nitrogens with one attached hydrogen (secondary N) is 1. The first-order valence-electron chi connectivity index (χ1n) is 11.1. The highest BCUT2D eigenvalue weighted by Crippen LogP contribution is 2.43. The Morgan fingerprint density at radius 1 is 1.20 bits per heavy atom. The molecular formula is C25H27F3N4O3. The van der Waals surface area contributed by atoms with Crippen LogP contribution in [0.25, 0.3) is 10.9 Å². The summed E-state index contributed by atoms with van der Waals surface area (Å²) < 4.78 is 44.7. The lowest BCUT2D eigenvalue weighted by atomic mass is 9.91. The molecule has 0 saturated heterocycles. The molecule has 2 aromatic carbocycles. The number of likely N-dealkylation sites (N-methyl/N-ethyl adjacent to an activating group) is 1. The van der Waals surface area contributed by atoms with Crippen molar-refractivity contribution >= 4 is 28.3 Å². The summed E-state index contributed by atoms with van der Waals surface area (Å²) in [5.41, 5.74) is -3.76. The Balaban J connectivity index is 1.79. The summed E-state index contributed by atoms with van der Waals surface area (Å²) in [4.78, 5) is 22.7. The first kappa shape index (κ1) is 24.9. The number of hydrogen-bond donors (Lipinski definition) is 3. The van der Waals surface area contributed by atoms with Gasteiger partial charge in [-0.05, 0) is 52.8 Å². The van der Waals surface area contributed by atoms with Crippen molar-refractivity contribution in [3.8, 4) is 0 Å². The summed E-state index contributed by atoms with van der Waals surface area (Å²) in [6, 6.07) is 6.13. The fourth-order valence-corrected chi connectivity index (χ4v) is 4.35. The van der Waals surface area contributed by atoms with Crippen LogP contribution in [0.3, 0.4) is 0 Å². The average molecular weight is 489 g/mol. The van der Waals surface area contributed by atoms with Crippen molar-refractivity contribution in [2.24, 2.45) is 0 Å². The van der Waals surface area contributed by atoms with E-state index in [1.165, 1.54) is 24.0 Å². The van der Waals surface area contributed by atoms with Crippen LogP contribution in [0.5, 0.6) is 0 Å². The number of rotatable bonds is 5. The van der Waals surface area contributed by atoms with Gasteiger partial charge in [0.1, 0.15) is 23.1 Å². The maximum Gasteiger partial charge on any atom is 0.303 e. The highest BCUT2D eigenvalue weighted by atomic mass is 19.3. The maximum absolute atomic E-state index is 15.3. The SMILES string of the molecule is Cc1nc(NC(C)c2cccc(C(F)(F)C(C)(C)O)c2F)c2cc3c(cc2n1)[C@](C)(O)C(=O)N3C. The molecule has 7 nitrogen and oxygen atoms in total. The monoisotopic (exact) mass is 488 g/mol. The molecule has 0 spiro atoms. The van der Waals surface area contributed by atoms with Crippen LogP contribution in [0.2, 0.25) is 0 Å². The van der Waals surface area contributed by atoms with E-state index in [1.807, 2.05) is 0 Å². The molecule has 35 heavy (non-hydrogen) atoms. The van der Waals surface area contributed by atoms with E-state index in [-0.39, 0.29) is 5.56 Å². The fourth-order valence-electron chi connectivity index (χ4n) is 4.35. The molecular weight excluding hydrogens is 461 g/mol. The van der Waals surface area contributed by atoms with Crippen molar-refractivity contribution in [3.05, 3.63) is 58.7 Å². The Hall–Kier alpha value is -3.24. The summed E-state index contributed by atoms with van der Waals surface area (Å²) >= 11 is 0. The van der Waals surface area contributed by atoms with Crippen LogP contribution in [0.15, 0.2) is 30.3 Å². The van der Waals surface area contributed by atoms with Gasteiger partial charge >= 0.3 is 5.92 Å². The highest BCUT2D eigenvalue weighted by molar-refractivity contribution is 6.09. The minimum absolute atomic E-state index is 0.0350. The predicted molar refractivity (Wildman–Crippen MR) is 126 cm³/mol. The number of carbonyl (C=O) groups excluding carboxylic acids is 1. The largest absolute Gasteiger partial charge is 0.384 e. The minimum Gasteiger partial charge on any atom is -0.384 e. The minimum atomic E-state index is -3.82. The molecule has 2 atom stereocenters. The van der Waals surface area contributed by atoms with Crippen LogP contribution in [0.4, 0.5) is 24.7 Å². The number of halogens is 3. The lowest BCUT2D eigenvalue weighted by Gasteiger charge is -2.30. The molecule has 0 aliphatic carbocycles. The lowest BCUT2D eigenvalue weighted by Crippen LogP contribution is -2.41. The molecule has 1 amide bonds. The van der Waals surface area contributed by atoms with Gasteiger partial charge in [-0.1, -0.05) is 12.1 Å². The first-order chi connectivity index (χ1) is 16.1. The second-order valence-electron chi connectivity index (χ2n) is 9.65. The van der Waals surface area contributed by atoms with Crippen molar-refractivity contribution in [1.82, 2.24) is 9.97 Å². The fraction of sp³-hybridized carbons (Fsp3) is 0.400. The van der Waals surface area contributed by atoms with E-state index in [9.17, 15) is 23.8 Å². The Labute approximate surface area is 200 Å². The van der Waals surface area contributed by atoms with E-state index in [1.54, 1.807) is 33.0 Å². The average Bonchev–Trinajstić information content (AvgIpc) is 2.91. The number of anilines is 2. The number of benzene rings is 2. The lowest BCUT2D eigenvalue weighted by molar-refractivity contribution is -0.170. The van der Waals surface area contributed by atoms with Crippen molar-refractivity contribution < 1.29 is 28.2 Å². The van der Waals surface area contributed by atoms with Crippen molar-refractivity contribution in [3.63, 3.8) is 0 Å². The van der Waals surface area contributed by atoms with E-state index >= 15 is 4.39 Å². The van der Waals surface area contributed by atoms with Gasteiger partial charge in [-0.15, -0.1) is 0 Å². The molecule has 1 aliphatic heterocycles. The number of amides is 1. The molecule has 0 fully saturated rings. The molecule has 10 heteroatoms. The number of nitrogens with zero attached hydrogens (tertiary/aromatic N) is 3. The van der Waals surface area contributed by atoms with E-state index in [2.05, 4.69) is 15.3 Å². The summed E-state index contributed by atoms with van der Waals surface area (Å²) in [7, 11) is 1.54. The van der Waals surface area contributed by atoms with Gasteiger partial charge in [0, 0.05) is 23.6 Å². The molecule has 0 radical (unpaired) electrons. The third kappa shape index (κ3) is 3.81. The van der Waals surface area contributed by atoms with Crippen LogP contribution in [-0.2, 0) is 16.3 Å². The zero-order valence-corrected chi connectivity index (χ0v) is 20.2. The van der Waals surface area contributed by atoms with Crippen molar-refractivity contribution in [1.29, 1.82) is 0 Å². The topological polar surface area (TPSA) is 98.6 Å². The van der Waals surface area contributed by atoms with E-state index in [0.717, 1.165) is 19.9 Å². The molecule has 1 unspecified atom stereocenters. The van der Waals surface area contributed by atoms with E-state index in [0.29, 0.717) is 33.8 Å². The first-order valence-corrected chi connectivity index (χ1v) is 11.1. The number of aliphatic hydroxyl groups is 2. The van der Waals surface area contributed by atoms with Gasteiger partial charge < -0.3 is 20.4 Å². The van der Waals surface area contributed by atoms with Gasteiger partial charge in [0.15, 0.2) is 5.60 Å². The molecule has 0 bridgehead atoms. The van der Waals surface area contributed by atoms with Crippen LogP contribution >= 0.6 is 0 Å². The number of aryl methyl sites for hydroxylation is 1. The van der Waals surface area contributed by atoms with Gasteiger partial charge in [0.2, 0.25) is 0 Å². The van der Waals surface area contributed by atoms with Gasteiger partial charge in [0.25, 0.3) is 5.91 Å². The second-order valence-corrected chi connectivity index (χ2v) is 9.65. The zero-order valence-electron chi connectivity index (χ0n) is 20.2. The summed E-state index contributed by atoms with van der Waals surface area (Å²) in [5.74, 6) is -4.74. The summed E-state index contributed by atoms with van der Waals surface area (Å²) in [5, 5.41) is 24.2. The number of fused-ring (bicyclic) bond motifs is 2. The molecule has 186 valence electrons. The maximum atomic E-state index is 15.3. The van der Waals surface area contributed by atoms with Crippen LogP contribution in [0.1, 0.15) is 56.3 Å². The van der Waals surface area contributed by atoms with E-state index in [4.69, 9.17) is 0 Å². The van der Waals surface area contributed by atoms with E-state index < -0.39 is 40.5 Å². The third-order valence-corrected chi connectivity index (χ3v) is 6.49. The van der Waals surface area contributed by atoms with Gasteiger partial charge in [0.05, 0.1) is 22.8 Å². The Morgan fingerprint density at radius 2 is 1.86 bits per heavy atom. The summed E-state index contributed by atoms with van der Waals surface area (Å²) in [6.07, 6.45) is 0. The summed E-state index contributed by atoms with van der Waals surface area (Å²) in [6.45, 7) is 6.52. The molecule has 1 aliphatic rings. The Kier molecular flexibility index (Phi) is 5.61. The van der Waals surface area contributed by atoms with Crippen molar-refractivity contribution in [2.75, 3.05) is 17.3 Å². The normalized spacial score (nSPS) is 19.3. The molecule has 0 saturated carbocycles. The standard InChI is InChI=1S/C25H27F3N4O3/c1-12(14-8-7-9-16(20(14)26)25(27,28)23(3,4)34)29-21-15-10-19-17(11-18(15)30-13(2)31-21)24(5,35)22(33)32(19)6/h7-12,34-35H,1-6H3,(H,29,30,31)/t12?,24-/m0/s1. The Morgan fingerprint density at radius 3 is 2.49 bits per heavy atom. The second kappa shape index (κ2) is 7.89. The molecule has 2 heterocycles. The zero-order chi connectivity index (χ0) is 26.1. The van der Waals surface area contributed by atoms with Crippen LogP contribution in [-0.4, -0.2) is 38.7 Å². The smallest absolute Gasteiger partial charge is 0.303 e. The van der Waals surface area contributed by atoms with Crippen LogP contribution < -0.4 is 10.2 Å². The van der Waals surface area contributed by atoms with Crippen LogP contribution in [0, 0.1) is 12.7 Å². The third-order valence-electron chi connectivity index (χ3n) is 6.49. The molecule has 1 aromatic heterocycles. The quantitative estimate of drug-likeness (QED) is 0.496. The van der Waals surface area contributed by atoms with Gasteiger partial charge in [-0.25, -0.2) is 14.4 Å². The van der Waals surface area contributed by atoms with Crippen molar-refractivity contribution in [2.45, 2.75) is 57.8 Å². The predicted octanol–water partition coefficient (Wildman–Crippen LogP) is 4.30. The number of carbonyl (C=O) groups is 1. The number of alkyl halides is 2. The van der Waals surface area contributed by atoms with Gasteiger partial charge in [-0.2, -0.15) is 8.78 Å². The number of aromatic nitrogens is 2. The molecule has 3 aromatic rings. The Bertz CT molecular complexity index is 1350. The molecule has 4 rings (SSSR count). The molecule has 3 N–H and O–H groups in total. The van der Waals surface area contributed by atoms with Gasteiger partial charge in [-0.3, -0.25) is 4.79 Å². The number of hydrogen-bond acceptors (Lipinski definition) is 6. The highest BCUT2D eigenvalue weighted by Gasteiger charge is 2.49.